The number of benzene rings is 1. The van der Waals surface area contributed by atoms with Gasteiger partial charge in [0.2, 0.25) is 5.91 Å². The number of aromatic hydroxyl groups is 1. The van der Waals surface area contributed by atoms with Crippen LogP contribution in [0.1, 0.15) is 24.2 Å². The average Bonchev–Trinajstić information content (AvgIpc) is 2.38. The quantitative estimate of drug-likeness (QED) is 0.583. The molecule has 3 N–H and O–H groups in total. The second-order valence-electron chi connectivity index (χ2n) is 5.51. The van der Waals surface area contributed by atoms with Crippen molar-refractivity contribution < 1.29 is 14.7 Å². The van der Waals surface area contributed by atoms with E-state index in [1.54, 1.807) is 25.8 Å². The summed E-state index contributed by atoms with van der Waals surface area (Å²) in [5, 5.41) is 9.51. The number of nitrogens with zero attached hydrogens (tertiary/aromatic N) is 2. The van der Waals surface area contributed by atoms with Gasteiger partial charge in [0.05, 0.1) is 5.56 Å². The maximum atomic E-state index is 12.6. The number of amides is 2. The summed E-state index contributed by atoms with van der Waals surface area (Å²) in [5.41, 5.74) is 5.37. The molecule has 1 aliphatic rings. The van der Waals surface area contributed by atoms with Crippen LogP contribution in [0.2, 0.25) is 0 Å². The molecule has 0 bridgehead atoms. The maximum Gasteiger partial charge on any atom is 0.257 e. The number of rotatable bonds is 1. The third-order valence-electron chi connectivity index (χ3n) is 3.72. The fourth-order valence-electron chi connectivity index (χ4n) is 2.44. The van der Waals surface area contributed by atoms with E-state index in [2.05, 4.69) is 0 Å². The normalized spacial score (nSPS) is 18.2. The molecule has 108 valence electrons. The number of piperazine rings is 1. The molecule has 2 amide bonds. The van der Waals surface area contributed by atoms with Gasteiger partial charge in [0, 0.05) is 25.8 Å². The van der Waals surface area contributed by atoms with Crippen LogP contribution in [-0.2, 0) is 4.79 Å². The lowest BCUT2D eigenvalue weighted by atomic mass is 9.96. The summed E-state index contributed by atoms with van der Waals surface area (Å²) in [7, 11) is 1.72. The summed E-state index contributed by atoms with van der Waals surface area (Å²) in [6, 6.07) is 4.23. The molecule has 6 heteroatoms. The molecule has 1 saturated heterocycles. The lowest BCUT2D eigenvalue weighted by Crippen LogP contribution is -2.63. The summed E-state index contributed by atoms with van der Waals surface area (Å²) in [4.78, 5) is 27.9. The van der Waals surface area contributed by atoms with Crippen molar-refractivity contribution in [3.8, 4) is 5.75 Å². The fourth-order valence-corrected chi connectivity index (χ4v) is 2.44. The summed E-state index contributed by atoms with van der Waals surface area (Å²) >= 11 is 0. The number of carbonyl (C=O) groups is 2. The molecular weight excluding hydrogens is 258 g/mol. The zero-order valence-electron chi connectivity index (χ0n) is 11.9. The van der Waals surface area contributed by atoms with Crippen molar-refractivity contribution in [3.63, 3.8) is 0 Å². The molecule has 0 unspecified atom stereocenters. The van der Waals surface area contributed by atoms with Gasteiger partial charge in [0.1, 0.15) is 11.3 Å². The van der Waals surface area contributed by atoms with Gasteiger partial charge in [0.25, 0.3) is 5.91 Å². The van der Waals surface area contributed by atoms with Gasteiger partial charge >= 0.3 is 0 Å². The molecule has 1 heterocycles. The minimum absolute atomic E-state index is 0.0270. The Balaban J connectivity index is 2.38. The number of carbonyl (C=O) groups excluding carboxylic acids is 2. The maximum absolute atomic E-state index is 12.6. The van der Waals surface area contributed by atoms with Gasteiger partial charge in [0.15, 0.2) is 0 Å². The van der Waals surface area contributed by atoms with E-state index in [1.807, 2.05) is 0 Å². The van der Waals surface area contributed by atoms with Crippen LogP contribution in [0.15, 0.2) is 18.2 Å². The lowest BCUT2D eigenvalue weighted by molar-refractivity contribution is -0.144. The molecule has 0 spiro atoms. The smallest absolute Gasteiger partial charge is 0.257 e. The molecule has 0 atom stereocenters. The van der Waals surface area contributed by atoms with E-state index in [-0.39, 0.29) is 28.8 Å². The summed E-state index contributed by atoms with van der Waals surface area (Å²) in [6.07, 6.45) is 0. The molecule has 0 saturated carbocycles. The zero-order valence-corrected chi connectivity index (χ0v) is 11.9. The van der Waals surface area contributed by atoms with Crippen LogP contribution in [0.25, 0.3) is 0 Å². The van der Waals surface area contributed by atoms with E-state index >= 15 is 0 Å². The first kappa shape index (κ1) is 14.2. The number of nitrogens with two attached hydrogens (primary N) is 1. The van der Waals surface area contributed by atoms with Crippen molar-refractivity contribution in [2.75, 3.05) is 25.9 Å². The van der Waals surface area contributed by atoms with Crippen molar-refractivity contribution in [2.24, 2.45) is 0 Å². The minimum Gasteiger partial charge on any atom is -0.508 e. The van der Waals surface area contributed by atoms with E-state index in [9.17, 15) is 14.7 Å². The summed E-state index contributed by atoms with van der Waals surface area (Å²) in [6.45, 7) is 4.33. The number of likely N-dealkylation sites (N-methyl/N-ethyl adjacent to an activating group) is 1. The van der Waals surface area contributed by atoms with Gasteiger partial charge in [-0.25, -0.2) is 0 Å². The third-order valence-corrected chi connectivity index (χ3v) is 3.72. The minimum atomic E-state index is -0.929. The first-order valence-corrected chi connectivity index (χ1v) is 6.41. The van der Waals surface area contributed by atoms with Crippen LogP contribution in [0.4, 0.5) is 5.69 Å². The Morgan fingerprint density at radius 2 is 2.00 bits per heavy atom. The van der Waals surface area contributed by atoms with E-state index in [0.717, 1.165) is 0 Å². The topological polar surface area (TPSA) is 86.9 Å². The van der Waals surface area contributed by atoms with Gasteiger partial charge in [-0.3, -0.25) is 9.59 Å². The van der Waals surface area contributed by atoms with E-state index < -0.39 is 5.54 Å². The summed E-state index contributed by atoms with van der Waals surface area (Å²) in [5.74, 6) is -0.485. The van der Waals surface area contributed by atoms with Gasteiger partial charge < -0.3 is 20.6 Å². The van der Waals surface area contributed by atoms with Crippen molar-refractivity contribution in [2.45, 2.75) is 19.4 Å². The van der Waals surface area contributed by atoms with E-state index in [1.165, 1.54) is 23.1 Å². The van der Waals surface area contributed by atoms with Crippen LogP contribution in [0.5, 0.6) is 5.75 Å². The number of hydrogen-bond acceptors (Lipinski definition) is 4. The van der Waals surface area contributed by atoms with E-state index in [4.69, 9.17) is 5.73 Å². The average molecular weight is 277 g/mol. The van der Waals surface area contributed by atoms with Crippen LogP contribution in [-0.4, -0.2) is 52.4 Å². The number of anilines is 1. The summed E-state index contributed by atoms with van der Waals surface area (Å²) < 4.78 is 0. The molecule has 1 fully saturated rings. The van der Waals surface area contributed by atoms with Crippen LogP contribution >= 0.6 is 0 Å². The Kier molecular flexibility index (Phi) is 3.33. The molecule has 1 aromatic carbocycles. The number of nitrogen functional groups attached to an aromatic ring is 1. The highest BCUT2D eigenvalue weighted by molar-refractivity contribution is 6.03. The fraction of sp³-hybridized carbons (Fsp3) is 0.429. The van der Waals surface area contributed by atoms with Crippen LogP contribution in [0, 0.1) is 0 Å². The molecule has 2 rings (SSSR count). The Bertz CT molecular complexity index is 569. The zero-order chi connectivity index (χ0) is 15.1. The molecule has 6 nitrogen and oxygen atoms in total. The van der Waals surface area contributed by atoms with Gasteiger partial charge in [-0.1, -0.05) is 0 Å². The number of hydrogen-bond donors (Lipinski definition) is 2. The van der Waals surface area contributed by atoms with Gasteiger partial charge in [-0.2, -0.15) is 0 Å². The third kappa shape index (κ3) is 2.17. The molecule has 0 aliphatic carbocycles. The van der Waals surface area contributed by atoms with Crippen molar-refractivity contribution >= 4 is 17.5 Å². The molecule has 1 aliphatic heterocycles. The van der Waals surface area contributed by atoms with Gasteiger partial charge in [-0.15, -0.1) is 0 Å². The van der Waals surface area contributed by atoms with Crippen LogP contribution < -0.4 is 5.73 Å². The van der Waals surface area contributed by atoms with Gasteiger partial charge in [-0.05, 0) is 32.0 Å². The standard InChI is InChI=1S/C14H19N3O3/c1-14(2)13(20)16(3)6-7-17(14)12(19)10-8-9(18)4-5-11(10)15/h4-5,8,18H,6-7,15H2,1-3H3. The first-order chi connectivity index (χ1) is 9.25. The van der Waals surface area contributed by atoms with Crippen molar-refractivity contribution in [3.05, 3.63) is 23.8 Å². The Labute approximate surface area is 117 Å². The van der Waals surface area contributed by atoms with Crippen LogP contribution in [0.3, 0.4) is 0 Å². The highest BCUT2D eigenvalue weighted by Gasteiger charge is 2.43. The monoisotopic (exact) mass is 277 g/mol. The molecular formula is C14H19N3O3. The Morgan fingerprint density at radius 3 is 2.65 bits per heavy atom. The second kappa shape index (κ2) is 4.70. The predicted octanol–water partition coefficient (Wildman–Crippen LogP) is 0.667. The second-order valence-corrected chi connectivity index (χ2v) is 5.51. The Hall–Kier alpha value is -2.24. The molecule has 0 aromatic heterocycles. The molecule has 1 aromatic rings. The highest BCUT2D eigenvalue weighted by atomic mass is 16.3. The lowest BCUT2D eigenvalue weighted by Gasteiger charge is -2.44. The molecule has 20 heavy (non-hydrogen) atoms. The first-order valence-electron chi connectivity index (χ1n) is 6.41. The predicted molar refractivity (Wildman–Crippen MR) is 75.3 cm³/mol. The van der Waals surface area contributed by atoms with Crippen molar-refractivity contribution in [1.82, 2.24) is 9.80 Å². The van der Waals surface area contributed by atoms with Crippen molar-refractivity contribution in [1.29, 1.82) is 0 Å². The Morgan fingerprint density at radius 1 is 1.35 bits per heavy atom. The number of phenolic OH excluding ortho intramolecular Hbond substituents is 1. The SMILES string of the molecule is CN1CCN(C(=O)c2cc(O)ccc2N)C(C)(C)C1=O. The largest absolute Gasteiger partial charge is 0.508 e. The highest BCUT2D eigenvalue weighted by Crippen LogP contribution is 2.27. The number of phenols is 1. The molecule has 0 radical (unpaired) electrons. The van der Waals surface area contributed by atoms with E-state index in [0.29, 0.717) is 13.1 Å².